The summed E-state index contributed by atoms with van der Waals surface area (Å²) >= 11 is 0. The van der Waals surface area contributed by atoms with Crippen LogP contribution in [-0.2, 0) is 21.4 Å². The summed E-state index contributed by atoms with van der Waals surface area (Å²) in [4.78, 5) is 12.1. The van der Waals surface area contributed by atoms with Gasteiger partial charge in [-0.25, -0.2) is 17.9 Å². The van der Waals surface area contributed by atoms with E-state index in [1.165, 1.54) is 31.3 Å². The van der Waals surface area contributed by atoms with Gasteiger partial charge in [0, 0.05) is 0 Å². The van der Waals surface area contributed by atoms with Crippen LogP contribution in [0.25, 0.3) is 0 Å². The van der Waals surface area contributed by atoms with Crippen LogP contribution in [0.2, 0.25) is 0 Å². The van der Waals surface area contributed by atoms with Crippen LogP contribution in [0.4, 0.5) is 0 Å². The second-order valence-corrected chi connectivity index (χ2v) is 7.19. The smallest absolute Gasteiger partial charge is 0.338 e. The first-order chi connectivity index (χ1) is 10.8. The number of rotatable bonds is 5. The molecule has 0 aliphatic rings. The number of nitrogens with one attached hydrogen (secondary N) is 1. The summed E-state index contributed by atoms with van der Waals surface area (Å²) in [5.41, 5.74) is 3.45. The third-order valence-corrected chi connectivity index (χ3v) is 4.75. The van der Waals surface area contributed by atoms with Gasteiger partial charge < -0.3 is 4.74 Å². The van der Waals surface area contributed by atoms with E-state index in [2.05, 4.69) is 4.72 Å². The summed E-state index contributed by atoms with van der Waals surface area (Å²) in [6, 6.07) is 11.6. The number of aryl methyl sites for hydroxylation is 2. The molecule has 122 valence electrons. The van der Waals surface area contributed by atoms with E-state index in [4.69, 9.17) is 4.74 Å². The molecular formula is C17H19NO4S. The minimum absolute atomic E-state index is 0.103. The van der Waals surface area contributed by atoms with E-state index in [0.29, 0.717) is 5.56 Å². The zero-order valence-electron chi connectivity index (χ0n) is 13.3. The molecule has 0 aliphatic carbocycles. The monoisotopic (exact) mass is 333 g/mol. The molecule has 0 heterocycles. The van der Waals surface area contributed by atoms with Crippen molar-refractivity contribution in [2.24, 2.45) is 0 Å². The van der Waals surface area contributed by atoms with Gasteiger partial charge in [0.15, 0.2) is 0 Å². The van der Waals surface area contributed by atoms with Crippen LogP contribution in [0.15, 0.2) is 47.4 Å². The maximum absolute atomic E-state index is 12.0. The van der Waals surface area contributed by atoms with Gasteiger partial charge in [-0.05, 0) is 50.7 Å². The van der Waals surface area contributed by atoms with Crippen LogP contribution in [0.5, 0.6) is 0 Å². The maximum atomic E-state index is 12.0. The van der Waals surface area contributed by atoms with Gasteiger partial charge in [0.2, 0.25) is 10.0 Å². The third kappa shape index (κ3) is 4.40. The van der Waals surface area contributed by atoms with Gasteiger partial charge in [-0.3, -0.25) is 0 Å². The summed E-state index contributed by atoms with van der Waals surface area (Å²) in [5, 5.41) is 0. The summed E-state index contributed by atoms with van der Waals surface area (Å²) < 4.78 is 30.8. The zero-order valence-corrected chi connectivity index (χ0v) is 14.1. The third-order valence-electron chi connectivity index (χ3n) is 3.32. The Morgan fingerprint density at radius 1 is 1.04 bits per heavy atom. The molecule has 0 radical (unpaired) electrons. The Morgan fingerprint density at radius 3 is 2.13 bits per heavy atom. The average Bonchev–Trinajstić information content (AvgIpc) is 2.52. The van der Waals surface area contributed by atoms with Crippen LogP contribution < -0.4 is 4.72 Å². The van der Waals surface area contributed by atoms with E-state index in [9.17, 15) is 13.2 Å². The molecule has 0 atom stereocenters. The van der Waals surface area contributed by atoms with Crippen LogP contribution in [0.3, 0.4) is 0 Å². The fraction of sp³-hybridized carbons (Fsp3) is 0.235. The van der Waals surface area contributed by atoms with E-state index in [1.807, 2.05) is 32.0 Å². The van der Waals surface area contributed by atoms with E-state index in [-0.39, 0.29) is 11.5 Å². The lowest BCUT2D eigenvalue weighted by molar-refractivity contribution is 0.0472. The lowest BCUT2D eigenvalue weighted by Gasteiger charge is -2.08. The molecule has 0 spiro atoms. The van der Waals surface area contributed by atoms with E-state index in [0.717, 1.165) is 16.7 Å². The molecule has 2 rings (SSSR count). The maximum Gasteiger partial charge on any atom is 0.338 e. The molecule has 0 bridgehead atoms. The first-order valence-electron chi connectivity index (χ1n) is 7.10. The van der Waals surface area contributed by atoms with Crippen LogP contribution in [-0.4, -0.2) is 21.4 Å². The normalized spacial score (nSPS) is 11.3. The minimum Gasteiger partial charge on any atom is -0.457 e. The quantitative estimate of drug-likeness (QED) is 0.854. The Hall–Kier alpha value is -2.18. The lowest BCUT2D eigenvalue weighted by atomic mass is 10.1. The molecule has 1 N–H and O–H groups in total. The van der Waals surface area contributed by atoms with Gasteiger partial charge >= 0.3 is 5.97 Å². The predicted molar refractivity (Wildman–Crippen MR) is 87.7 cm³/mol. The van der Waals surface area contributed by atoms with E-state index < -0.39 is 16.0 Å². The summed E-state index contributed by atoms with van der Waals surface area (Å²) in [6.45, 7) is 4.15. The molecular weight excluding hydrogens is 314 g/mol. The number of carbonyl (C=O) groups excluding carboxylic acids is 1. The fourth-order valence-corrected chi connectivity index (χ4v) is 3.00. The predicted octanol–water partition coefficient (Wildman–Crippen LogP) is 2.57. The molecule has 6 heteroatoms. The standard InChI is InChI=1S/C17H19NO4S/c1-12-8-13(2)10-14(9-12)11-22-17(19)15-4-6-16(7-5-15)23(20,21)18-3/h4-10,18H,11H2,1-3H3. The number of benzene rings is 2. The lowest BCUT2D eigenvalue weighted by Crippen LogP contribution is -2.18. The fourth-order valence-electron chi connectivity index (χ4n) is 2.27. The summed E-state index contributed by atoms with van der Waals surface area (Å²) in [6.07, 6.45) is 0. The molecule has 2 aromatic rings. The Balaban J connectivity index is 2.06. The van der Waals surface area contributed by atoms with E-state index >= 15 is 0 Å². The van der Waals surface area contributed by atoms with Crippen molar-refractivity contribution >= 4 is 16.0 Å². The molecule has 0 saturated carbocycles. The molecule has 0 saturated heterocycles. The topological polar surface area (TPSA) is 72.5 Å². The second-order valence-electron chi connectivity index (χ2n) is 5.30. The first-order valence-corrected chi connectivity index (χ1v) is 8.58. The molecule has 2 aromatic carbocycles. The average molecular weight is 333 g/mol. The second kappa shape index (κ2) is 6.93. The van der Waals surface area contributed by atoms with Gasteiger partial charge in [-0.1, -0.05) is 29.3 Å². The number of hydrogen-bond acceptors (Lipinski definition) is 4. The molecule has 0 aromatic heterocycles. The summed E-state index contributed by atoms with van der Waals surface area (Å²) in [5.74, 6) is -0.488. The van der Waals surface area contributed by atoms with Gasteiger partial charge in [0.05, 0.1) is 10.5 Å². The minimum atomic E-state index is -3.51. The molecule has 5 nitrogen and oxygen atoms in total. The Morgan fingerprint density at radius 2 is 1.61 bits per heavy atom. The molecule has 0 aliphatic heterocycles. The van der Waals surface area contributed by atoms with Crippen LogP contribution in [0, 0.1) is 13.8 Å². The summed E-state index contributed by atoms with van der Waals surface area (Å²) in [7, 11) is -2.17. The number of carbonyl (C=O) groups is 1. The van der Waals surface area contributed by atoms with Crippen molar-refractivity contribution in [2.75, 3.05) is 7.05 Å². The van der Waals surface area contributed by atoms with Gasteiger partial charge in [-0.15, -0.1) is 0 Å². The zero-order chi connectivity index (χ0) is 17.0. The number of ether oxygens (including phenoxy) is 1. The van der Waals surface area contributed by atoms with Gasteiger partial charge in [0.25, 0.3) is 0 Å². The van der Waals surface area contributed by atoms with Crippen molar-refractivity contribution in [1.29, 1.82) is 0 Å². The number of sulfonamides is 1. The Kier molecular flexibility index (Phi) is 5.18. The van der Waals surface area contributed by atoms with Crippen molar-refractivity contribution in [3.05, 3.63) is 64.7 Å². The van der Waals surface area contributed by atoms with Crippen molar-refractivity contribution in [1.82, 2.24) is 4.72 Å². The number of esters is 1. The first kappa shape index (κ1) is 17.2. The molecule has 0 unspecified atom stereocenters. The highest BCUT2D eigenvalue weighted by Crippen LogP contribution is 2.13. The van der Waals surface area contributed by atoms with Crippen molar-refractivity contribution in [3.8, 4) is 0 Å². The van der Waals surface area contributed by atoms with Crippen molar-refractivity contribution < 1.29 is 17.9 Å². The van der Waals surface area contributed by atoms with Gasteiger partial charge in [0.1, 0.15) is 6.61 Å². The van der Waals surface area contributed by atoms with Crippen molar-refractivity contribution in [3.63, 3.8) is 0 Å². The number of hydrogen-bond donors (Lipinski definition) is 1. The Labute approximate surface area is 136 Å². The van der Waals surface area contributed by atoms with Crippen LogP contribution >= 0.6 is 0 Å². The van der Waals surface area contributed by atoms with Gasteiger partial charge in [-0.2, -0.15) is 0 Å². The van der Waals surface area contributed by atoms with Crippen molar-refractivity contribution in [2.45, 2.75) is 25.3 Å². The highest BCUT2D eigenvalue weighted by atomic mass is 32.2. The molecule has 0 amide bonds. The Bertz CT molecular complexity index is 791. The van der Waals surface area contributed by atoms with Crippen LogP contribution in [0.1, 0.15) is 27.0 Å². The van der Waals surface area contributed by atoms with E-state index in [1.54, 1.807) is 0 Å². The highest BCUT2D eigenvalue weighted by molar-refractivity contribution is 7.89. The molecule has 23 heavy (non-hydrogen) atoms. The molecule has 0 fully saturated rings. The SMILES string of the molecule is CNS(=O)(=O)c1ccc(C(=O)OCc2cc(C)cc(C)c2)cc1. The highest BCUT2D eigenvalue weighted by Gasteiger charge is 2.13. The largest absolute Gasteiger partial charge is 0.457 e.